The van der Waals surface area contributed by atoms with E-state index in [4.69, 9.17) is 14.2 Å². The number of nitrogens with zero attached hydrogens (tertiary/aromatic N) is 3. The van der Waals surface area contributed by atoms with E-state index in [-0.39, 0.29) is 19.1 Å². The van der Waals surface area contributed by atoms with Crippen LogP contribution in [0.1, 0.15) is 16.7 Å². The fourth-order valence-corrected chi connectivity index (χ4v) is 3.43. The van der Waals surface area contributed by atoms with Crippen molar-refractivity contribution >= 4 is 28.1 Å². The van der Waals surface area contributed by atoms with E-state index in [1.807, 2.05) is 23.1 Å². The molecule has 9 heteroatoms. The van der Waals surface area contributed by atoms with E-state index in [9.17, 15) is 10.1 Å². The van der Waals surface area contributed by atoms with Crippen molar-refractivity contribution in [2.45, 2.75) is 6.61 Å². The van der Waals surface area contributed by atoms with Gasteiger partial charge in [0.2, 0.25) is 0 Å². The number of rotatable bonds is 8. The first-order chi connectivity index (χ1) is 15.1. The minimum atomic E-state index is -0.183. The second-order valence-electron chi connectivity index (χ2n) is 6.76. The Morgan fingerprint density at radius 3 is 2.84 bits per heavy atom. The van der Waals surface area contributed by atoms with Crippen molar-refractivity contribution in [2.75, 3.05) is 40.0 Å². The van der Waals surface area contributed by atoms with E-state index in [2.05, 4.69) is 32.5 Å². The average Bonchev–Trinajstić information content (AvgIpc) is 2.79. The zero-order valence-corrected chi connectivity index (χ0v) is 18.7. The molecule has 1 N–H and O–H groups in total. The molecule has 1 aliphatic heterocycles. The lowest BCUT2D eigenvalue weighted by molar-refractivity contribution is -0.123. The van der Waals surface area contributed by atoms with Crippen molar-refractivity contribution in [1.29, 1.82) is 5.26 Å². The van der Waals surface area contributed by atoms with E-state index >= 15 is 0 Å². The number of ether oxygens (including phenoxy) is 3. The maximum Gasteiger partial charge on any atom is 0.254 e. The largest absolute Gasteiger partial charge is 0.493 e. The monoisotopic (exact) mass is 486 g/mol. The Morgan fingerprint density at radius 2 is 2.10 bits per heavy atom. The molecule has 2 aromatic rings. The molecule has 0 radical (unpaired) electrons. The summed E-state index contributed by atoms with van der Waals surface area (Å²) in [6.07, 6.45) is 1.54. The van der Waals surface area contributed by atoms with Gasteiger partial charge in [-0.1, -0.05) is 18.2 Å². The van der Waals surface area contributed by atoms with Crippen LogP contribution in [-0.4, -0.2) is 57.0 Å². The van der Waals surface area contributed by atoms with Gasteiger partial charge >= 0.3 is 0 Å². The number of hydrogen-bond acceptors (Lipinski definition) is 7. The maximum atomic E-state index is 12.0. The number of halogens is 1. The highest BCUT2D eigenvalue weighted by Gasteiger charge is 2.14. The minimum absolute atomic E-state index is 0.183. The Labute approximate surface area is 189 Å². The molecule has 0 aromatic heterocycles. The van der Waals surface area contributed by atoms with Crippen LogP contribution in [0.3, 0.4) is 0 Å². The van der Waals surface area contributed by atoms with Gasteiger partial charge in [0, 0.05) is 28.7 Å². The van der Waals surface area contributed by atoms with Gasteiger partial charge < -0.3 is 14.2 Å². The van der Waals surface area contributed by atoms with Crippen molar-refractivity contribution in [3.63, 3.8) is 0 Å². The van der Waals surface area contributed by atoms with Crippen LogP contribution in [0.5, 0.6) is 11.5 Å². The molecule has 1 fully saturated rings. The predicted molar refractivity (Wildman–Crippen MR) is 119 cm³/mol. The van der Waals surface area contributed by atoms with Crippen LogP contribution in [0, 0.1) is 11.3 Å². The third-order valence-corrected chi connectivity index (χ3v) is 5.35. The number of carbonyl (C=O) groups excluding carboxylic acids is 1. The number of methoxy groups -OCH3 is 1. The Hall–Kier alpha value is -2.93. The van der Waals surface area contributed by atoms with Crippen LogP contribution in [0.4, 0.5) is 0 Å². The van der Waals surface area contributed by atoms with Crippen molar-refractivity contribution in [2.24, 2.45) is 5.10 Å². The molecule has 0 atom stereocenters. The van der Waals surface area contributed by atoms with Gasteiger partial charge in [-0.25, -0.2) is 5.43 Å². The first-order valence-corrected chi connectivity index (χ1v) is 10.5. The summed E-state index contributed by atoms with van der Waals surface area (Å²) in [6, 6.07) is 13.0. The van der Waals surface area contributed by atoms with Gasteiger partial charge in [-0.05, 0) is 34.1 Å². The number of hydrazone groups is 1. The molecule has 1 amide bonds. The van der Waals surface area contributed by atoms with Crippen molar-refractivity contribution in [3.8, 4) is 17.6 Å². The molecule has 1 aliphatic rings. The van der Waals surface area contributed by atoms with Crippen molar-refractivity contribution in [3.05, 3.63) is 57.6 Å². The van der Waals surface area contributed by atoms with Crippen molar-refractivity contribution < 1.29 is 19.0 Å². The van der Waals surface area contributed by atoms with Crippen LogP contribution in [0.2, 0.25) is 0 Å². The zero-order chi connectivity index (χ0) is 22.1. The van der Waals surface area contributed by atoms with Gasteiger partial charge in [0.1, 0.15) is 6.61 Å². The standard InChI is InChI=1S/C22H23BrN4O4/c1-29-20-10-18(13-25-26-22(28)14-27-6-8-30-9-7-27)19(23)11-21(20)31-15-17-5-3-2-4-16(17)12-24/h2-5,10-11,13H,6-9,14-15H2,1H3,(H,26,28). The molecule has 0 spiro atoms. The average molecular weight is 487 g/mol. The highest BCUT2D eigenvalue weighted by molar-refractivity contribution is 9.10. The lowest BCUT2D eigenvalue weighted by atomic mass is 10.1. The third kappa shape index (κ3) is 6.52. The molecule has 1 heterocycles. The molecule has 0 bridgehead atoms. The number of amides is 1. The van der Waals surface area contributed by atoms with E-state index in [1.165, 1.54) is 0 Å². The highest BCUT2D eigenvalue weighted by Crippen LogP contribution is 2.33. The number of nitrogens with one attached hydrogen (secondary N) is 1. The molecular formula is C22H23BrN4O4. The summed E-state index contributed by atoms with van der Waals surface area (Å²) in [4.78, 5) is 14.1. The molecule has 0 aliphatic carbocycles. The normalized spacial score (nSPS) is 14.2. The lowest BCUT2D eigenvalue weighted by Gasteiger charge is -2.25. The zero-order valence-electron chi connectivity index (χ0n) is 17.1. The van der Waals surface area contributed by atoms with Crippen LogP contribution >= 0.6 is 15.9 Å². The maximum absolute atomic E-state index is 12.0. The number of morpholine rings is 1. The minimum Gasteiger partial charge on any atom is -0.493 e. The Balaban J connectivity index is 1.62. The summed E-state index contributed by atoms with van der Waals surface area (Å²) >= 11 is 3.50. The molecular weight excluding hydrogens is 464 g/mol. The van der Waals surface area contributed by atoms with Crippen LogP contribution < -0.4 is 14.9 Å². The number of nitriles is 1. The summed E-state index contributed by atoms with van der Waals surface area (Å²) in [5.41, 5.74) is 4.61. The smallest absolute Gasteiger partial charge is 0.254 e. The summed E-state index contributed by atoms with van der Waals surface area (Å²) < 4.78 is 17.3. The summed E-state index contributed by atoms with van der Waals surface area (Å²) in [6.45, 7) is 3.26. The summed E-state index contributed by atoms with van der Waals surface area (Å²) in [5.74, 6) is 0.853. The van der Waals surface area contributed by atoms with Gasteiger partial charge in [0.05, 0.1) is 44.7 Å². The van der Waals surface area contributed by atoms with Crippen LogP contribution in [0.15, 0.2) is 46.0 Å². The number of benzene rings is 2. The van der Waals surface area contributed by atoms with Gasteiger partial charge in [-0.2, -0.15) is 10.4 Å². The lowest BCUT2D eigenvalue weighted by Crippen LogP contribution is -2.42. The van der Waals surface area contributed by atoms with E-state index < -0.39 is 0 Å². The van der Waals surface area contributed by atoms with Crippen LogP contribution in [0.25, 0.3) is 0 Å². The fraction of sp³-hybridized carbons (Fsp3) is 0.318. The van der Waals surface area contributed by atoms with Gasteiger partial charge in [-0.15, -0.1) is 0 Å². The summed E-state index contributed by atoms with van der Waals surface area (Å²) in [5, 5.41) is 13.3. The Bertz CT molecular complexity index is 984. The van der Waals surface area contributed by atoms with Gasteiger partial charge in [-0.3, -0.25) is 9.69 Å². The third-order valence-electron chi connectivity index (χ3n) is 4.67. The topological polar surface area (TPSA) is 96.2 Å². The van der Waals surface area contributed by atoms with Crippen LogP contribution in [-0.2, 0) is 16.1 Å². The molecule has 0 saturated carbocycles. The highest BCUT2D eigenvalue weighted by atomic mass is 79.9. The predicted octanol–water partition coefficient (Wildman–Crippen LogP) is 2.69. The molecule has 3 rings (SSSR count). The van der Waals surface area contributed by atoms with E-state index in [0.29, 0.717) is 35.8 Å². The molecule has 0 unspecified atom stereocenters. The molecule has 8 nitrogen and oxygen atoms in total. The first-order valence-electron chi connectivity index (χ1n) is 9.71. The number of hydrogen-bond donors (Lipinski definition) is 1. The van der Waals surface area contributed by atoms with E-state index in [0.717, 1.165) is 23.1 Å². The molecule has 162 valence electrons. The van der Waals surface area contributed by atoms with Gasteiger partial charge in [0.15, 0.2) is 11.5 Å². The number of carbonyl (C=O) groups is 1. The second-order valence-corrected chi connectivity index (χ2v) is 7.62. The first kappa shape index (κ1) is 22.7. The second kappa shape index (κ2) is 11.5. The quantitative estimate of drug-likeness (QED) is 0.455. The molecule has 31 heavy (non-hydrogen) atoms. The fourth-order valence-electron chi connectivity index (χ4n) is 3.00. The summed E-state index contributed by atoms with van der Waals surface area (Å²) in [7, 11) is 1.55. The molecule has 1 saturated heterocycles. The molecule has 2 aromatic carbocycles. The Morgan fingerprint density at radius 1 is 1.32 bits per heavy atom. The van der Waals surface area contributed by atoms with Crippen molar-refractivity contribution in [1.82, 2.24) is 10.3 Å². The SMILES string of the molecule is COc1cc(C=NNC(=O)CN2CCOCC2)c(Br)cc1OCc1ccccc1C#N. The Kier molecular flexibility index (Phi) is 8.41. The van der Waals surface area contributed by atoms with Gasteiger partial charge in [0.25, 0.3) is 5.91 Å². The van der Waals surface area contributed by atoms with E-state index in [1.54, 1.807) is 31.5 Å².